The Morgan fingerprint density at radius 1 is 1.19 bits per heavy atom. The molecule has 1 aliphatic carbocycles. The van der Waals surface area contributed by atoms with Crippen LogP contribution in [-0.2, 0) is 0 Å². The Labute approximate surface area is 132 Å². The maximum Gasteiger partial charge on any atom is 0.123 e. The number of halogens is 2. The van der Waals surface area contributed by atoms with Crippen molar-refractivity contribution in [3.8, 4) is 5.75 Å². The Hall–Kier alpha value is -1.55. The van der Waals surface area contributed by atoms with Crippen molar-refractivity contribution in [2.75, 3.05) is 12.4 Å². The quantitative estimate of drug-likeness (QED) is 0.804. The minimum Gasteiger partial charge on any atom is -0.497 e. The molecule has 0 radical (unpaired) electrons. The highest BCUT2D eigenvalue weighted by Crippen LogP contribution is 2.43. The van der Waals surface area contributed by atoms with Gasteiger partial charge in [0.2, 0.25) is 0 Å². The lowest BCUT2D eigenvalue weighted by atomic mass is 10.0. The first-order chi connectivity index (χ1) is 10.2. The van der Waals surface area contributed by atoms with Gasteiger partial charge >= 0.3 is 0 Å². The minimum atomic E-state index is -0.197. The molecule has 4 heteroatoms. The van der Waals surface area contributed by atoms with Crippen LogP contribution in [0.2, 0.25) is 0 Å². The van der Waals surface area contributed by atoms with E-state index in [0.29, 0.717) is 5.92 Å². The first kappa shape index (κ1) is 14.4. The molecule has 2 aromatic carbocycles. The molecule has 0 spiro atoms. The predicted molar refractivity (Wildman–Crippen MR) is 86.2 cm³/mol. The van der Waals surface area contributed by atoms with Crippen LogP contribution in [0.15, 0.2) is 46.9 Å². The SMILES string of the molecule is COc1cc(Br)cc(NC(c2ccc(F)cc2)C2CC2)c1. The molecule has 1 N–H and O–H groups in total. The number of hydrogen-bond donors (Lipinski definition) is 1. The zero-order chi connectivity index (χ0) is 14.8. The standard InChI is InChI=1S/C17H17BrFNO/c1-21-16-9-13(18)8-15(10-16)20-17(11-2-3-11)12-4-6-14(19)7-5-12/h4-11,17,20H,2-3H2,1H3. The highest BCUT2D eigenvalue weighted by Gasteiger charge is 2.32. The number of benzene rings is 2. The lowest BCUT2D eigenvalue weighted by Gasteiger charge is -2.21. The molecule has 0 aromatic heterocycles. The number of anilines is 1. The zero-order valence-electron chi connectivity index (χ0n) is 11.8. The van der Waals surface area contributed by atoms with Crippen LogP contribution in [0.25, 0.3) is 0 Å². The van der Waals surface area contributed by atoms with Crippen LogP contribution < -0.4 is 10.1 Å². The van der Waals surface area contributed by atoms with Crippen molar-refractivity contribution in [3.63, 3.8) is 0 Å². The summed E-state index contributed by atoms with van der Waals surface area (Å²) in [4.78, 5) is 0. The second kappa shape index (κ2) is 6.06. The van der Waals surface area contributed by atoms with Crippen LogP contribution in [0.5, 0.6) is 5.75 Å². The molecule has 1 atom stereocenters. The fourth-order valence-corrected chi connectivity index (χ4v) is 2.99. The number of methoxy groups -OCH3 is 1. The van der Waals surface area contributed by atoms with Crippen LogP contribution >= 0.6 is 15.9 Å². The van der Waals surface area contributed by atoms with Gasteiger partial charge in [0.05, 0.1) is 13.2 Å². The third-order valence-corrected chi connectivity index (χ3v) is 4.21. The monoisotopic (exact) mass is 349 g/mol. The molecule has 1 fully saturated rings. The highest BCUT2D eigenvalue weighted by molar-refractivity contribution is 9.10. The summed E-state index contributed by atoms with van der Waals surface area (Å²) in [6.45, 7) is 0. The topological polar surface area (TPSA) is 21.3 Å². The fraction of sp³-hybridized carbons (Fsp3) is 0.294. The molecular weight excluding hydrogens is 333 g/mol. The second-order valence-corrected chi connectivity index (χ2v) is 6.31. The Kier molecular flexibility index (Phi) is 4.15. The van der Waals surface area contributed by atoms with E-state index >= 15 is 0 Å². The summed E-state index contributed by atoms with van der Waals surface area (Å²) in [5, 5.41) is 3.56. The summed E-state index contributed by atoms with van der Waals surface area (Å²) in [6, 6.07) is 12.9. The summed E-state index contributed by atoms with van der Waals surface area (Å²) >= 11 is 3.49. The molecule has 0 heterocycles. The van der Waals surface area contributed by atoms with Crippen molar-refractivity contribution < 1.29 is 9.13 Å². The van der Waals surface area contributed by atoms with Crippen molar-refractivity contribution >= 4 is 21.6 Å². The molecule has 21 heavy (non-hydrogen) atoms. The molecule has 0 aliphatic heterocycles. The maximum absolute atomic E-state index is 13.1. The van der Waals surface area contributed by atoms with Crippen LogP contribution in [-0.4, -0.2) is 7.11 Å². The predicted octanol–water partition coefficient (Wildman–Crippen LogP) is 5.16. The molecule has 3 rings (SSSR count). The van der Waals surface area contributed by atoms with Gasteiger partial charge in [-0.1, -0.05) is 28.1 Å². The van der Waals surface area contributed by atoms with E-state index in [4.69, 9.17) is 4.74 Å². The smallest absolute Gasteiger partial charge is 0.123 e. The van der Waals surface area contributed by atoms with E-state index in [0.717, 1.165) is 21.5 Å². The van der Waals surface area contributed by atoms with Gasteiger partial charge in [0.15, 0.2) is 0 Å². The molecule has 110 valence electrons. The summed E-state index contributed by atoms with van der Waals surface area (Å²) in [5.74, 6) is 1.22. The van der Waals surface area contributed by atoms with Crippen molar-refractivity contribution in [3.05, 3.63) is 58.3 Å². The van der Waals surface area contributed by atoms with Crippen LogP contribution in [0.3, 0.4) is 0 Å². The van der Waals surface area contributed by atoms with Gasteiger partial charge in [-0.25, -0.2) is 4.39 Å². The first-order valence-corrected chi connectivity index (χ1v) is 7.81. The number of rotatable bonds is 5. The molecule has 0 bridgehead atoms. The highest BCUT2D eigenvalue weighted by atomic mass is 79.9. The van der Waals surface area contributed by atoms with Gasteiger partial charge in [-0.15, -0.1) is 0 Å². The van der Waals surface area contributed by atoms with Crippen molar-refractivity contribution in [2.24, 2.45) is 5.92 Å². The fourth-order valence-electron chi connectivity index (χ4n) is 2.52. The summed E-state index contributed by atoms with van der Waals surface area (Å²) < 4.78 is 19.4. The van der Waals surface area contributed by atoms with Crippen LogP contribution in [0.1, 0.15) is 24.4 Å². The average Bonchev–Trinajstić information content (AvgIpc) is 3.30. The third-order valence-electron chi connectivity index (χ3n) is 3.75. The van der Waals surface area contributed by atoms with Crippen LogP contribution in [0, 0.1) is 11.7 Å². The van der Waals surface area contributed by atoms with Crippen LogP contribution in [0.4, 0.5) is 10.1 Å². The van der Waals surface area contributed by atoms with E-state index in [1.165, 1.54) is 25.0 Å². The molecule has 2 nitrogen and oxygen atoms in total. The lowest BCUT2D eigenvalue weighted by molar-refractivity contribution is 0.414. The van der Waals surface area contributed by atoms with E-state index in [9.17, 15) is 4.39 Å². The van der Waals surface area contributed by atoms with E-state index in [2.05, 4.69) is 21.2 Å². The van der Waals surface area contributed by atoms with E-state index in [1.54, 1.807) is 7.11 Å². The number of hydrogen-bond acceptors (Lipinski definition) is 2. The van der Waals surface area contributed by atoms with Gasteiger partial charge < -0.3 is 10.1 Å². The number of ether oxygens (including phenoxy) is 1. The third kappa shape index (κ3) is 3.56. The molecule has 0 amide bonds. The van der Waals surface area contributed by atoms with Gasteiger partial charge in [-0.05, 0) is 48.6 Å². The van der Waals surface area contributed by atoms with E-state index < -0.39 is 0 Å². The largest absolute Gasteiger partial charge is 0.497 e. The summed E-state index contributed by atoms with van der Waals surface area (Å²) in [7, 11) is 1.66. The van der Waals surface area contributed by atoms with Gasteiger partial charge in [0, 0.05) is 16.2 Å². The molecule has 1 saturated carbocycles. The lowest BCUT2D eigenvalue weighted by Crippen LogP contribution is -2.13. The van der Waals surface area contributed by atoms with E-state index in [-0.39, 0.29) is 11.9 Å². The van der Waals surface area contributed by atoms with Crippen molar-refractivity contribution in [1.82, 2.24) is 0 Å². The molecule has 0 saturated heterocycles. The minimum absolute atomic E-state index is 0.197. The first-order valence-electron chi connectivity index (χ1n) is 7.02. The number of nitrogens with one attached hydrogen (secondary N) is 1. The normalized spacial score (nSPS) is 15.6. The Balaban J connectivity index is 1.85. The van der Waals surface area contributed by atoms with Gasteiger partial charge in [0.1, 0.15) is 11.6 Å². The van der Waals surface area contributed by atoms with Gasteiger partial charge in [-0.3, -0.25) is 0 Å². The van der Waals surface area contributed by atoms with Gasteiger partial charge in [-0.2, -0.15) is 0 Å². The Morgan fingerprint density at radius 3 is 2.52 bits per heavy atom. The van der Waals surface area contributed by atoms with Gasteiger partial charge in [0.25, 0.3) is 0 Å². The average molecular weight is 350 g/mol. The second-order valence-electron chi connectivity index (χ2n) is 5.39. The van der Waals surface area contributed by atoms with Crippen molar-refractivity contribution in [1.29, 1.82) is 0 Å². The van der Waals surface area contributed by atoms with Crippen molar-refractivity contribution in [2.45, 2.75) is 18.9 Å². The Morgan fingerprint density at radius 2 is 1.90 bits per heavy atom. The molecule has 1 aliphatic rings. The molecule has 1 unspecified atom stereocenters. The summed E-state index contributed by atoms with van der Waals surface area (Å²) in [5.41, 5.74) is 2.13. The van der Waals surface area contributed by atoms with E-state index in [1.807, 2.05) is 30.3 Å². The maximum atomic E-state index is 13.1. The molecular formula is C17H17BrFNO. The summed E-state index contributed by atoms with van der Waals surface area (Å²) in [6.07, 6.45) is 2.42. The Bertz CT molecular complexity index is 625. The zero-order valence-corrected chi connectivity index (χ0v) is 13.4. The molecule has 2 aromatic rings.